The van der Waals surface area contributed by atoms with Crippen LogP contribution in [0.2, 0.25) is 0 Å². The molecular weight excluding hydrogens is 617 g/mol. The summed E-state index contributed by atoms with van der Waals surface area (Å²) in [5.74, 6) is 0.314. The maximum absolute atomic E-state index is 14.7. The summed E-state index contributed by atoms with van der Waals surface area (Å²) < 4.78 is 45.6. The van der Waals surface area contributed by atoms with Gasteiger partial charge in [0.1, 0.15) is 11.3 Å². The van der Waals surface area contributed by atoms with Gasteiger partial charge in [-0.15, -0.1) is 0 Å². The molecule has 1 saturated heterocycles. The molecule has 0 bridgehead atoms. The van der Waals surface area contributed by atoms with Gasteiger partial charge in [-0.3, -0.25) is 9.59 Å². The zero-order valence-corrected chi connectivity index (χ0v) is 28.1. The number of carbonyl (C=O) groups is 2. The number of aromatic nitrogens is 1. The number of likely N-dealkylation sites (tertiary alicyclic amines) is 1. The molecule has 1 saturated carbocycles. The topological polar surface area (TPSA) is 77.7 Å². The van der Waals surface area contributed by atoms with Crippen LogP contribution in [0.5, 0.6) is 5.75 Å². The smallest absolute Gasteiger partial charge is 0.416 e. The quantitative estimate of drug-likeness (QED) is 0.192. The summed E-state index contributed by atoms with van der Waals surface area (Å²) in [5, 5.41) is 4.20. The fraction of sp³-hybridized carbons (Fsp3) is 0.421. The predicted molar refractivity (Wildman–Crippen MR) is 181 cm³/mol. The largest absolute Gasteiger partial charge is 0.497 e. The summed E-state index contributed by atoms with van der Waals surface area (Å²) in [5.41, 5.74) is 2.32. The molecule has 7 nitrogen and oxygen atoms in total. The number of ether oxygens (including phenoxy) is 1. The lowest BCUT2D eigenvalue weighted by molar-refractivity contribution is -0.150. The molecule has 0 spiro atoms. The maximum Gasteiger partial charge on any atom is 0.416 e. The standard InChI is InChI=1S/C38H43F3N4O3/c1-24-33(29-8-6-7-9-31(29)42-24)34-30(36(34,2)3)22-32(46)45(23-25-10-12-26(13-11-25)38(39,40)41)37(18-20-44(4)21-19-37)35(47)43-27-14-16-28(48-5)17-15-27/h6-17,30,34,42H,18-23H2,1-5H3,(H,43,47)/t30-,34-/m1/s1. The monoisotopic (exact) mass is 660 g/mol. The average Bonchev–Trinajstić information content (AvgIpc) is 3.40. The van der Waals surface area contributed by atoms with Crippen molar-refractivity contribution >= 4 is 28.4 Å². The number of aromatic amines is 1. The molecule has 2 N–H and O–H groups in total. The molecule has 254 valence electrons. The number of piperidine rings is 1. The van der Waals surface area contributed by atoms with E-state index in [1.165, 1.54) is 17.7 Å². The number of hydrogen-bond acceptors (Lipinski definition) is 4. The first-order chi connectivity index (χ1) is 22.7. The summed E-state index contributed by atoms with van der Waals surface area (Å²) >= 11 is 0. The van der Waals surface area contributed by atoms with Crippen molar-refractivity contribution in [2.75, 3.05) is 32.6 Å². The van der Waals surface area contributed by atoms with E-state index in [1.807, 2.05) is 19.2 Å². The Balaban J connectivity index is 1.35. The van der Waals surface area contributed by atoms with Gasteiger partial charge in [-0.1, -0.05) is 44.2 Å². The number of halogens is 3. The van der Waals surface area contributed by atoms with Gasteiger partial charge in [0.2, 0.25) is 11.8 Å². The number of alkyl halides is 3. The number of hydrogen-bond donors (Lipinski definition) is 2. The highest BCUT2D eigenvalue weighted by Crippen LogP contribution is 2.67. The molecule has 48 heavy (non-hydrogen) atoms. The number of carbonyl (C=O) groups excluding carboxylic acids is 2. The van der Waals surface area contributed by atoms with Gasteiger partial charge >= 0.3 is 6.18 Å². The Morgan fingerprint density at radius 2 is 1.65 bits per heavy atom. The van der Waals surface area contributed by atoms with Crippen LogP contribution in [-0.4, -0.2) is 59.4 Å². The van der Waals surface area contributed by atoms with Gasteiger partial charge in [0.15, 0.2) is 0 Å². The molecule has 0 radical (unpaired) electrons. The van der Waals surface area contributed by atoms with E-state index in [0.717, 1.165) is 28.7 Å². The van der Waals surface area contributed by atoms with Gasteiger partial charge < -0.3 is 24.8 Å². The summed E-state index contributed by atoms with van der Waals surface area (Å²) in [4.78, 5) is 36.4. The van der Waals surface area contributed by atoms with Crippen LogP contribution in [0, 0.1) is 18.3 Å². The Kier molecular flexibility index (Phi) is 8.83. The van der Waals surface area contributed by atoms with Gasteiger partial charge in [0, 0.05) is 48.3 Å². The van der Waals surface area contributed by atoms with Crippen molar-refractivity contribution in [2.45, 2.75) is 64.2 Å². The molecular formula is C38H43F3N4O3. The van der Waals surface area contributed by atoms with Crippen LogP contribution >= 0.6 is 0 Å². The highest BCUT2D eigenvalue weighted by molar-refractivity contribution is 6.01. The van der Waals surface area contributed by atoms with Crippen LogP contribution < -0.4 is 10.1 Å². The lowest BCUT2D eigenvalue weighted by Gasteiger charge is -2.47. The number of rotatable bonds is 9. The number of methoxy groups -OCH3 is 1. The molecule has 1 aliphatic heterocycles. The number of amides is 2. The van der Waals surface area contributed by atoms with Crippen LogP contribution in [0.4, 0.5) is 18.9 Å². The highest BCUT2D eigenvalue weighted by Gasteiger charge is 2.60. The van der Waals surface area contributed by atoms with E-state index in [-0.39, 0.29) is 42.0 Å². The number of nitrogens with zero attached hydrogens (tertiary/aromatic N) is 2. The van der Waals surface area contributed by atoms with Gasteiger partial charge in [0.25, 0.3) is 0 Å². The number of H-pyrrole nitrogens is 1. The van der Waals surface area contributed by atoms with Gasteiger partial charge in [0.05, 0.1) is 12.7 Å². The molecule has 1 aromatic heterocycles. The minimum atomic E-state index is -4.48. The lowest BCUT2D eigenvalue weighted by Crippen LogP contribution is -2.62. The third-order valence-corrected chi connectivity index (χ3v) is 10.7. The Morgan fingerprint density at radius 3 is 2.27 bits per heavy atom. The fourth-order valence-electron chi connectivity index (χ4n) is 7.69. The Hall–Kier alpha value is -4.31. The van der Waals surface area contributed by atoms with Crippen molar-refractivity contribution in [3.05, 3.63) is 95.2 Å². The minimum Gasteiger partial charge on any atom is -0.497 e. The molecule has 2 aliphatic rings. The molecule has 2 atom stereocenters. The second kappa shape index (κ2) is 12.6. The van der Waals surface area contributed by atoms with E-state index in [1.54, 1.807) is 36.3 Å². The normalized spacial score (nSPS) is 20.3. The van der Waals surface area contributed by atoms with E-state index in [4.69, 9.17) is 4.74 Å². The molecule has 3 aromatic carbocycles. The van der Waals surface area contributed by atoms with Gasteiger partial charge in [-0.2, -0.15) is 13.2 Å². The summed E-state index contributed by atoms with van der Waals surface area (Å²) in [6.07, 6.45) is -3.49. The van der Waals surface area contributed by atoms with Crippen molar-refractivity contribution in [1.82, 2.24) is 14.8 Å². The second-order valence-corrected chi connectivity index (χ2v) is 14.0. The molecule has 4 aromatic rings. The van der Waals surface area contributed by atoms with E-state index >= 15 is 0 Å². The van der Waals surface area contributed by atoms with Crippen LogP contribution in [0.1, 0.15) is 61.4 Å². The number of aryl methyl sites for hydroxylation is 1. The first-order valence-corrected chi connectivity index (χ1v) is 16.4. The molecule has 0 unspecified atom stereocenters. The van der Waals surface area contributed by atoms with Crippen molar-refractivity contribution in [2.24, 2.45) is 11.3 Å². The minimum absolute atomic E-state index is 0.0145. The van der Waals surface area contributed by atoms with Crippen molar-refractivity contribution in [1.29, 1.82) is 0 Å². The van der Waals surface area contributed by atoms with Crippen LogP contribution in [0.3, 0.4) is 0 Å². The van der Waals surface area contributed by atoms with Crippen LogP contribution in [-0.2, 0) is 22.3 Å². The lowest BCUT2D eigenvalue weighted by atomic mass is 9.83. The molecule has 2 fully saturated rings. The van der Waals surface area contributed by atoms with Crippen molar-refractivity contribution < 1.29 is 27.5 Å². The SMILES string of the molecule is COc1ccc(NC(=O)C2(N(Cc3ccc(C(F)(F)F)cc3)C(=O)C[C@@H]3[C@H](c4c(C)[nH]c5ccccc45)C3(C)C)CCN(C)CC2)cc1. The maximum atomic E-state index is 14.7. The number of para-hydroxylation sites is 1. The number of anilines is 1. The van der Waals surface area contributed by atoms with Crippen molar-refractivity contribution in [3.63, 3.8) is 0 Å². The molecule has 1 aliphatic carbocycles. The van der Waals surface area contributed by atoms with E-state index in [2.05, 4.69) is 48.1 Å². The molecule has 6 rings (SSSR count). The van der Waals surface area contributed by atoms with Crippen LogP contribution in [0.15, 0.2) is 72.8 Å². The van der Waals surface area contributed by atoms with Crippen molar-refractivity contribution in [3.8, 4) is 5.75 Å². The van der Waals surface area contributed by atoms with E-state index in [9.17, 15) is 22.8 Å². The Bertz CT molecular complexity index is 1790. The summed E-state index contributed by atoms with van der Waals surface area (Å²) in [7, 11) is 3.55. The van der Waals surface area contributed by atoms with Crippen LogP contribution in [0.25, 0.3) is 10.9 Å². The predicted octanol–water partition coefficient (Wildman–Crippen LogP) is 7.77. The number of benzene rings is 3. The fourth-order valence-corrected chi connectivity index (χ4v) is 7.69. The second-order valence-electron chi connectivity index (χ2n) is 14.0. The van der Waals surface area contributed by atoms with E-state index in [0.29, 0.717) is 42.9 Å². The Labute approximate surface area is 279 Å². The number of fused-ring (bicyclic) bond motifs is 1. The first kappa shape index (κ1) is 33.6. The van der Waals surface area contributed by atoms with E-state index < -0.39 is 17.3 Å². The highest BCUT2D eigenvalue weighted by atomic mass is 19.4. The summed E-state index contributed by atoms with van der Waals surface area (Å²) in [6.45, 7) is 7.60. The molecule has 10 heteroatoms. The Morgan fingerprint density at radius 1 is 1.00 bits per heavy atom. The summed E-state index contributed by atoms with van der Waals surface area (Å²) in [6, 6.07) is 20.1. The number of nitrogens with one attached hydrogen (secondary N) is 2. The zero-order chi connectivity index (χ0) is 34.4. The zero-order valence-electron chi connectivity index (χ0n) is 28.1. The molecule has 2 amide bonds. The third kappa shape index (κ3) is 6.30. The van der Waals surface area contributed by atoms with Gasteiger partial charge in [-0.05, 0) is 97.7 Å². The first-order valence-electron chi connectivity index (χ1n) is 16.4. The van der Waals surface area contributed by atoms with Gasteiger partial charge in [-0.25, -0.2) is 0 Å². The third-order valence-electron chi connectivity index (χ3n) is 10.7. The molecule has 2 heterocycles. The average molecular weight is 661 g/mol.